The molecule has 20 heavy (non-hydrogen) atoms. The van der Waals surface area contributed by atoms with E-state index in [0.29, 0.717) is 6.54 Å². The Morgan fingerprint density at radius 2 is 1.65 bits per heavy atom. The first-order valence-electron chi connectivity index (χ1n) is 6.84. The van der Waals surface area contributed by atoms with E-state index < -0.39 is 0 Å². The van der Waals surface area contributed by atoms with E-state index >= 15 is 0 Å². The van der Waals surface area contributed by atoms with Crippen molar-refractivity contribution in [3.8, 4) is 5.75 Å². The predicted molar refractivity (Wildman–Crippen MR) is 79.1 cm³/mol. The second-order valence-corrected chi connectivity index (χ2v) is 5.05. The van der Waals surface area contributed by atoms with Gasteiger partial charge in [-0.25, -0.2) is 4.39 Å². The molecule has 0 fully saturated rings. The van der Waals surface area contributed by atoms with Crippen molar-refractivity contribution in [3.63, 3.8) is 0 Å². The third-order valence-electron chi connectivity index (χ3n) is 2.82. The molecule has 0 unspecified atom stereocenters. The van der Waals surface area contributed by atoms with Crippen molar-refractivity contribution in [2.75, 3.05) is 0 Å². The first-order chi connectivity index (χ1) is 9.63. The van der Waals surface area contributed by atoms with Crippen molar-refractivity contribution in [1.29, 1.82) is 0 Å². The highest BCUT2D eigenvalue weighted by Crippen LogP contribution is 2.15. The minimum atomic E-state index is -0.198. The molecule has 3 heteroatoms. The van der Waals surface area contributed by atoms with Gasteiger partial charge in [-0.2, -0.15) is 0 Å². The van der Waals surface area contributed by atoms with Crippen molar-refractivity contribution in [2.45, 2.75) is 33.0 Å². The standard InChI is InChI=1S/C17H20FNO/c1-13(2)20-17-8-4-6-15(10-17)12-19-11-14-5-3-7-16(18)9-14/h3-10,13,19H,11-12H2,1-2H3. The Bertz CT molecular complexity index is 554. The molecule has 106 valence electrons. The normalized spacial score (nSPS) is 10.8. The third kappa shape index (κ3) is 4.67. The van der Waals surface area contributed by atoms with Crippen LogP contribution in [0.1, 0.15) is 25.0 Å². The summed E-state index contributed by atoms with van der Waals surface area (Å²) in [5.41, 5.74) is 2.10. The summed E-state index contributed by atoms with van der Waals surface area (Å²) in [5, 5.41) is 3.30. The van der Waals surface area contributed by atoms with Gasteiger partial charge in [0.15, 0.2) is 0 Å². The molecular weight excluding hydrogens is 253 g/mol. The lowest BCUT2D eigenvalue weighted by atomic mass is 10.2. The first-order valence-corrected chi connectivity index (χ1v) is 6.84. The highest BCUT2D eigenvalue weighted by molar-refractivity contribution is 5.28. The van der Waals surface area contributed by atoms with E-state index in [2.05, 4.69) is 5.32 Å². The zero-order valence-corrected chi connectivity index (χ0v) is 11.9. The minimum Gasteiger partial charge on any atom is -0.491 e. The summed E-state index contributed by atoms with van der Waals surface area (Å²) in [6.07, 6.45) is 0.172. The number of halogens is 1. The molecule has 0 saturated carbocycles. The fourth-order valence-electron chi connectivity index (χ4n) is 2.00. The largest absolute Gasteiger partial charge is 0.491 e. The number of rotatable bonds is 6. The smallest absolute Gasteiger partial charge is 0.123 e. The van der Waals surface area contributed by atoms with Crippen LogP contribution in [0.2, 0.25) is 0 Å². The quantitative estimate of drug-likeness (QED) is 0.861. The highest BCUT2D eigenvalue weighted by Gasteiger charge is 2.00. The lowest BCUT2D eigenvalue weighted by molar-refractivity contribution is 0.242. The Balaban J connectivity index is 1.87. The molecule has 0 radical (unpaired) electrons. The van der Waals surface area contributed by atoms with Crippen LogP contribution >= 0.6 is 0 Å². The van der Waals surface area contributed by atoms with Crippen molar-refractivity contribution in [2.24, 2.45) is 0 Å². The molecule has 2 nitrogen and oxygen atoms in total. The fraction of sp³-hybridized carbons (Fsp3) is 0.294. The molecule has 0 heterocycles. The molecule has 0 aliphatic carbocycles. The molecule has 2 aromatic carbocycles. The molecule has 0 atom stereocenters. The Hall–Kier alpha value is -1.87. The van der Waals surface area contributed by atoms with Crippen LogP contribution < -0.4 is 10.1 Å². The highest BCUT2D eigenvalue weighted by atomic mass is 19.1. The molecule has 0 aliphatic heterocycles. The SMILES string of the molecule is CC(C)Oc1cccc(CNCc2cccc(F)c2)c1. The maximum atomic E-state index is 13.0. The summed E-state index contributed by atoms with van der Waals surface area (Å²) in [6.45, 7) is 5.39. The Kier molecular flexibility index (Phi) is 5.13. The number of ether oxygens (including phenoxy) is 1. The molecule has 0 spiro atoms. The molecular formula is C17H20FNO. The van der Waals surface area contributed by atoms with E-state index in [4.69, 9.17) is 4.74 Å². The molecule has 2 rings (SSSR count). The van der Waals surface area contributed by atoms with E-state index in [9.17, 15) is 4.39 Å². The summed E-state index contributed by atoms with van der Waals surface area (Å²) >= 11 is 0. The molecule has 0 saturated heterocycles. The van der Waals surface area contributed by atoms with Gasteiger partial charge in [0.1, 0.15) is 11.6 Å². The van der Waals surface area contributed by atoms with Crippen molar-refractivity contribution in [3.05, 3.63) is 65.5 Å². The number of nitrogens with one attached hydrogen (secondary N) is 1. The number of benzene rings is 2. The molecule has 2 aromatic rings. The lowest BCUT2D eigenvalue weighted by Crippen LogP contribution is -2.13. The number of hydrogen-bond acceptors (Lipinski definition) is 2. The van der Waals surface area contributed by atoms with Crippen LogP contribution in [0.15, 0.2) is 48.5 Å². The van der Waals surface area contributed by atoms with Crippen molar-refractivity contribution >= 4 is 0 Å². The van der Waals surface area contributed by atoms with E-state index in [1.807, 2.05) is 44.2 Å². The fourth-order valence-corrected chi connectivity index (χ4v) is 2.00. The molecule has 0 bridgehead atoms. The van der Waals surface area contributed by atoms with Gasteiger partial charge in [-0.1, -0.05) is 24.3 Å². The lowest BCUT2D eigenvalue weighted by Gasteiger charge is -2.11. The Morgan fingerprint density at radius 1 is 1.00 bits per heavy atom. The Labute approximate surface area is 119 Å². The van der Waals surface area contributed by atoms with Gasteiger partial charge in [0.2, 0.25) is 0 Å². The molecule has 0 amide bonds. The van der Waals surface area contributed by atoms with Gasteiger partial charge >= 0.3 is 0 Å². The van der Waals surface area contributed by atoms with Crippen LogP contribution in [0.4, 0.5) is 4.39 Å². The third-order valence-corrected chi connectivity index (χ3v) is 2.82. The molecule has 1 N–H and O–H groups in total. The number of hydrogen-bond donors (Lipinski definition) is 1. The van der Waals surface area contributed by atoms with Crippen molar-refractivity contribution in [1.82, 2.24) is 5.32 Å². The van der Waals surface area contributed by atoms with Gasteiger partial charge in [0.25, 0.3) is 0 Å². The van der Waals surface area contributed by atoms with Crippen LogP contribution in [0.3, 0.4) is 0 Å². The van der Waals surface area contributed by atoms with Crippen LogP contribution in [0.25, 0.3) is 0 Å². The van der Waals surface area contributed by atoms with Gasteiger partial charge in [-0.3, -0.25) is 0 Å². The minimum absolute atomic E-state index is 0.172. The van der Waals surface area contributed by atoms with E-state index in [-0.39, 0.29) is 11.9 Å². The topological polar surface area (TPSA) is 21.3 Å². The summed E-state index contributed by atoms with van der Waals surface area (Å²) in [4.78, 5) is 0. The average Bonchev–Trinajstić information content (AvgIpc) is 2.38. The van der Waals surface area contributed by atoms with E-state index in [0.717, 1.165) is 23.4 Å². The predicted octanol–water partition coefficient (Wildman–Crippen LogP) is 3.90. The summed E-state index contributed by atoms with van der Waals surface area (Å²) in [7, 11) is 0. The van der Waals surface area contributed by atoms with Gasteiger partial charge in [0.05, 0.1) is 6.10 Å². The van der Waals surface area contributed by atoms with Crippen LogP contribution in [-0.4, -0.2) is 6.10 Å². The molecule has 0 aromatic heterocycles. The second-order valence-electron chi connectivity index (χ2n) is 5.05. The van der Waals surface area contributed by atoms with Gasteiger partial charge < -0.3 is 10.1 Å². The van der Waals surface area contributed by atoms with Gasteiger partial charge in [-0.15, -0.1) is 0 Å². The second kappa shape index (κ2) is 7.06. The van der Waals surface area contributed by atoms with E-state index in [1.54, 1.807) is 12.1 Å². The monoisotopic (exact) mass is 273 g/mol. The zero-order valence-electron chi connectivity index (χ0n) is 11.9. The van der Waals surface area contributed by atoms with Gasteiger partial charge in [-0.05, 0) is 49.2 Å². The van der Waals surface area contributed by atoms with Crippen LogP contribution in [0, 0.1) is 5.82 Å². The zero-order chi connectivity index (χ0) is 14.4. The summed E-state index contributed by atoms with van der Waals surface area (Å²) in [6, 6.07) is 14.6. The van der Waals surface area contributed by atoms with Crippen LogP contribution in [-0.2, 0) is 13.1 Å². The van der Waals surface area contributed by atoms with Crippen molar-refractivity contribution < 1.29 is 9.13 Å². The summed E-state index contributed by atoms with van der Waals surface area (Å²) < 4.78 is 18.7. The Morgan fingerprint density at radius 3 is 2.30 bits per heavy atom. The maximum Gasteiger partial charge on any atom is 0.123 e. The maximum absolute atomic E-state index is 13.0. The summed E-state index contributed by atoms with van der Waals surface area (Å²) in [5.74, 6) is 0.682. The van der Waals surface area contributed by atoms with E-state index in [1.165, 1.54) is 6.07 Å². The average molecular weight is 273 g/mol. The molecule has 0 aliphatic rings. The van der Waals surface area contributed by atoms with Gasteiger partial charge in [0, 0.05) is 13.1 Å². The van der Waals surface area contributed by atoms with Crippen LogP contribution in [0.5, 0.6) is 5.75 Å². The first kappa shape index (κ1) is 14.5.